The average Bonchev–Trinajstić information content (AvgIpc) is 2.34. The fourth-order valence-corrected chi connectivity index (χ4v) is 2.73. The van der Waals surface area contributed by atoms with Crippen molar-refractivity contribution in [3.8, 4) is 0 Å². The van der Waals surface area contributed by atoms with E-state index in [1.165, 1.54) is 26.1 Å². The number of rotatable bonds is 3. The second-order valence-electron chi connectivity index (χ2n) is 6.67. The molecule has 0 amide bonds. The van der Waals surface area contributed by atoms with Crippen LogP contribution in [0.3, 0.4) is 0 Å². The van der Waals surface area contributed by atoms with E-state index in [9.17, 15) is 0 Å². The van der Waals surface area contributed by atoms with Crippen LogP contribution in [-0.4, -0.2) is 62.2 Å². The molecule has 1 saturated heterocycles. The highest BCUT2D eigenvalue weighted by molar-refractivity contribution is 4.85. The van der Waals surface area contributed by atoms with Crippen molar-refractivity contribution in [1.29, 1.82) is 0 Å². The summed E-state index contributed by atoms with van der Waals surface area (Å²) in [6, 6.07) is 1.23. The first kappa shape index (κ1) is 14.9. The molecule has 1 heterocycles. The van der Waals surface area contributed by atoms with Crippen molar-refractivity contribution in [3.05, 3.63) is 0 Å². The molecule has 2 atom stereocenters. The van der Waals surface area contributed by atoms with Crippen molar-refractivity contribution in [2.24, 2.45) is 5.41 Å². The van der Waals surface area contributed by atoms with Gasteiger partial charge < -0.3 is 10.2 Å². The number of likely N-dealkylation sites (N-methyl/N-ethyl adjacent to an activating group) is 2. The van der Waals surface area contributed by atoms with Gasteiger partial charge in [0.2, 0.25) is 0 Å². The van der Waals surface area contributed by atoms with E-state index in [2.05, 4.69) is 56.9 Å². The SMILES string of the molecule is CNC(CN1CCCN(C)CC1C)C(C)(C)C. The van der Waals surface area contributed by atoms with Gasteiger partial charge in [-0.3, -0.25) is 4.90 Å². The summed E-state index contributed by atoms with van der Waals surface area (Å²) in [5, 5.41) is 3.49. The van der Waals surface area contributed by atoms with E-state index in [1.54, 1.807) is 0 Å². The zero-order valence-electron chi connectivity index (χ0n) is 12.6. The molecule has 0 radical (unpaired) electrons. The summed E-state index contributed by atoms with van der Waals surface area (Å²) in [5.74, 6) is 0. The molecule has 1 N–H and O–H groups in total. The van der Waals surface area contributed by atoms with Gasteiger partial charge in [0, 0.05) is 25.2 Å². The summed E-state index contributed by atoms with van der Waals surface area (Å²) in [7, 11) is 4.32. The first-order valence-corrected chi connectivity index (χ1v) is 6.94. The highest BCUT2D eigenvalue weighted by Gasteiger charge is 2.28. The van der Waals surface area contributed by atoms with Crippen molar-refractivity contribution in [2.75, 3.05) is 40.3 Å². The van der Waals surface area contributed by atoms with E-state index >= 15 is 0 Å². The molecule has 3 nitrogen and oxygen atoms in total. The zero-order chi connectivity index (χ0) is 13.1. The molecule has 1 aliphatic heterocycles. The van der Waals surface area contributed by atoms with Gasteiger partial charge in [-0.25, -0.2) is 0 Å². The van der Waals surface area contributed by atoms with Crippen LogP contribution in [0.15, 0.2) is 0 Å². The van der Waals surface area contributed by atoms with Crippen LogP contribution < -0.4 is 5.32 Å². The molecule has 2 unspecified atom stereocenters. The Labute approximate surface area is 108 Å². The summed E-state index contributed by atoms with van der Waals surface area (Å²) in [6.45, 7) is 14.2. The van der Waals surface area contributed by atoms with Crippen molar-refractivity contribution in [1.82, 2.24) is 15.1 Å². The van der Waals surface area contributed by atoms with Crippen molar-refractivity contribution < 1.29 is 0 Å². The van der Waals surface area contributed by atoms with Gasteiger partial charge in [0.05, 0.1) is 0 Å². The minimum Gasteiger partial charge on any atom is -0.315 e. The maximum Gasteiger partial charge on any atom is 0.0240 e. The second kappa shape index (κ2) is 6.17. The van der Waals surface area contributed by atoms with E-state index in [-0.39, 0.29) is 0 Å². The monoisotopic (exact) mass is 241 g/mol. The van der Waals surface area contributed by atoms with Gasteiger partial charge in [-0.2, -0.15) is 0 Å². The fraction of sp³-hybridized carbons (Fsp3) is 1.00. The maximum absolute atomic E-state index is 3.49. The topological polar surface area (TPSA) is 18.5 Å². The molecular formula is C14H31N3. The molecule has 3 heteroatoms. The molecule has 17 heavy (non-hydrogen) atoms. The van der Waals surface area contributed by atoms with Crippen molar-refractivity contribution >= 4 is 0 Å². The molecule has 1 aliphatic rings. The fourth-order valence-electron chi connectivity index (χ4n) is 2.73. The normalized spacial score (nSPS) is 26.8. The van der Waals surface area contributed by atoms with Gasteiger partial charge in [0.25, 0.3) is 0 Å². The van der Waals surface area contributed by atoms with E-state index in [0.717, 1.165) is 6.54 Å². The van der Waals surface area contributed by atoms with Gasteiger partial charge >= 0.3 is 0 Å². The molecule has 0 aromatic heterocycles. The molecule has 0 spiro atoms. The summed E-state index contributed by atoms with van der Waals surface area (Å²) >= 11 is 0. The molecule has 0 saturated carbocycles. The molecular weight excluding hydrogens is 210 g/mol. The standard InChI is InChI=1S/C14H31N3/c1-12-10-16(6)8-7-9-17(12)11-13(15-5)14(2,3)4/h12-13,15H,7-11H2,1-6H3. The van der Waals surface area contributed by atoms with Crippen LogP contribution >= 0.6 is 0 Å². The van der Waals surface area contributed by atoms with Gasteiger partial charge in [-0.05, 0) is 45.9 Å². The van der Waals surface area contributed by atoms with Gasteiger partial charge in [0.15, 0.2) is 0 Å². The number of hydrogen-bond donors (Lipinski definition) is 1. The highest BCUT2D eigenvalue weighted by atomic mass is 15.2. The molecule has 1 fully saturated rings. The Kier molecular flexibility index (Phi) is 5.42. The highest BCUT2D eigenvalue weighted by Crippen LogP contribution is 2.21. The smallest absolute Gasteiger partial charge is 0.0240 e. The second-order valence-corrected chi connectivity index (χ2v) is 6.67. The Morgan fingerprint density at radius 3 is 2.47 bits per heavy atom. The van der Waals surface area contributed by atoms with Gasteiger partial charge in [0.1, 0.15) is 0 Å². The lowest BCUT2D eigenvalue weighted by Gasteiger charge is -2.37. The summed E-state index contributed by atoms with van der Waals surface area (Å²) in [6.07, 6.45) is 1.29. The van der Waals surface area contributed by atoms with Crippen LogP contribution in [0.1, 0.15) is 34.1 Å². The Morgan fingerprint density at radius 2 is 1.94 bits per heavy atom. The molecule has 0 bridgehead atoms. The van der Waals surface area contributed by atoms with Crippen molar-refractivity contribution in [2.45, 2.75) is 46.2 Å². The molecule has 0 aromatic carbocycles. The first-order valence-electron chi connectivity index (χ1n) is 6.94. The molecule has 1 rings (SSSR count). The van der Waals surface area contributed by atoms with Crippen LogP contribution in [-0.2, 0) is 0 Å². The minimum atomic E-state index is 0.326. The third kappa shape index (κ3) is 4.57. The summed E-state index contributed by atoms with van der Waals surface area (Å²) in [4.78, 5) is 5.10. The Bertz CT molecular complexity index is 222. The quantitative estimate of drug-likeness (QED) is 0.810. The lowest BCUT2D eigenvalue weighted by molar-refractivity contribution is 0.144. The number of hydrogen-bond acceptors (Lipinski definition) is 3. The summed E-state index contributed by atoms with van der Waals surface area (Å²) < 4.78 is 0. The Morgan fingerprint density at radius 1 is 1.29 bits per heavy atom. The largest absolute Gasteiger partial charge is 0.315 e. The summed E-state index contributed by atoms with van der Waals surface area (Å²) in [5.41, 5.74) is 0.326. The first-order chi connectivity index (χ1) is 7.84. The van der Waals surface area contributed by atoms with Gasteiger partial charge in [-0.1, -0.05) is 20.8 Å². The minimum absolute atomic E-state index is 0.326. The maximum atomic E-state index is 3.49. The zero-order valence-corrected chi connectivity index (χ0v) is 12.6. The van der Waals surface area contributed by atoms with Crippen LogP contribution in [0.5, 0.6) is 0 Å². The molecule has 0 aromatic rings. The lowest BCUT2D eigenvalue weighted by Crippen LogP contribution is -2.50. The third-order valence-electron chi connectivity index (χ3n) is 4.00. The van der Waals surface area contributed by atoms with E-state index in [4.69, 9.17) is 0 Å². The van der Waals surface area contributed by atoms with Crippen LogP contribution in [0, 0.1) is 5.41 Å². The van der Waals surface area contributed by atoms with Crippen LogP contribution in [0.25, 0.3) is 0 Å². The Balaban J connectivity index is 2.59. The molecule has 102 valence electrons. The van der Waals surface area contributed by atoms with Crippen molar-refractivity contribution in [3.63, 3.8) is 0 Å². The third-order valence-corrected chi connectivity index (χ3v) is 4.00. The van der Waals surface area contributed by atoms with Crippen LogP contribution in [0.2, 0.25) is 0 Å². The van der Waals surface area contributed by atoms with E-state index < -0.39 is 0 Å². The number of nitrogens with zero attached hydrogens (tertiary/aromatic N) is 2. The van der Waals surface area contributed by atoms with Crippen LogP contribution in [0.4, 0.5) is 0 Å². The lowest BCUT2D eigenvalue weighted by atomic mass is 9.86. The predicted molar refractivity (Wildman–Crippen MR) is 75.5 cm³/mol. The van der Waals surface area contributed by atoms with Gasteiger partial charge in [-0.15, -0.1) is 0 Å². The predicted octanol–water partition coefficient (Wildman–Crippen LogP) is 1.65. The van der Waals surface area contributed by atoms with E-state index in [1.807, 2.05) is 0 Å². The number of nitrogens with one attached hydrogen (secondary N) is 1. The average molecular weight is 241 g/mol. The Hall–Kier alpha value is -0.120. The van der Waals surface area contributed by atoms with E-state index in [0.29, 0.717) is 17.5 Å². The molecule has 0 aliphatic carbocycles.